The average Bonchev–Trinajstić information content (AvgIpc) is 3.22. The van der Waals surface area contributed by atoms with Gasteiger partial charge in [0.1, 0.15) is 0 Å². The third-order valence-electron chi connectivity index (χ3n) is 5.83. The number of carbonyl (C=O) groups is 1. The molecule has 1 aromatic carbocycles. The zero-order valence-corrected chi connectivity index (χ0v) is 20.0. The monoisotopic (exact) mass is 515 g/mol. The number of carbonyl (C=O) groups excluding carboxylic acids is 1. The molecule has 3 heterocycles. The molecular formula is C26H22F5N5O. The van der Waals surface area contributed by atoms with Crippen LogP contribution in [0.5, 0.6) is 0 Å². The van der Waals surface area contributed by atoms with E-state index in [9.17, 15) is 26.7 Å². The van der Waals surface area contributed by atoms with Gasteiger partial charge in [-0.2, -0.15) is 18.3 Å². The fourth-order valence-corrected chi connectivity index (χ4v) is 3.85. The fourth-order valence-electron chi connectivity index (χ4n) is 3.85. The van der Waals surface area contributed by atoms with Crippen LogP contribution in [-0.4, -0.2) is 25.7 Å². The number of aryl methyl sites for hydroxylation is 1. The Balaban J connectivity index is 1.61. The summed E-state index contributed by atoms with van der Waals surface area (Å²) in [5, 5.41) is 7.03. The van der Waals surface area contributed by atoms with Crippen LogP contribution >= 0.6 is 0 Å². The molecule has 11 heteroatoms. The summed E-state index contributed by atoms with van der Waals surface area (Å²) in [4.78, 5) is 21.2. The van der Waals surface area contributed by atoms with Gasteiger partial charge < -0.3 is 5.32 Å². The smallest absolute Gasteiger partial charge is 0.319 e. The molecule has 1 unspecified atom stereocenters. The van der Waals surface area contributed by atoms with Gasteiger partial charge in [0.15, 0.2) is 0 Å². The van der Waals surface area contributed by atoms with Crippen LogP contribution in [0, 0.1) is 6.92 Å². The number of anilines is 1. The van der Waals surface area contributed by atoms with Crippen LogP contribution in [0.2, 0.25) is 0 Å². The van der Waals surface area contributed by atoms with Gasteiger partial charge in [0.25, 0.3) is 11.8 Å². The molecule has 6 nitrogen and oxygen atoms in total. The van der Waals surface area contributed by atoms with Crippen molar-refractivity contribution in [3.63, 3.8) is 0 Å². The van der Waals surface area contributed by atoms with Crippen molar-refractivity contribution in [3.05, 3.63) is 95.2 Å². The van der Waals surface area contributed by atoms with Crippen molar-refractivity contribution in [1.29, 1.82) is 0 Å². The summed E-state index contributed by atoms with van der Waals surface area (Å²) in [5.74, 6) is -3.99. The average molecular weight is 515 g/mol. The van der Waals surface area contributed by atoms with E-state index in [-0.39, 0.29) is 11.1 Å². The van der Waals surface area contributed by atoms with Crippen molar-refractivity contribution in [2.24, 2.45) is 0 Å². The highest BCUT2D eigenvalue weighted by Gasteiger charge is 2.36. The first-order chi connectivity index (χ1) is 17.3. The molecule has 3 aromatic heterocycles. The third-order valence-corrected chi connectivity index (χ3v) is 5.83. The van der Waals surface area contributed by atoms with Crippen LogP contribution < -0.4 is 5.32 Å². The van der Waals surface area contributed by atoms with Crippen molar-refractivity contribution in [3.8, 4) is 11.3 Å². The second-order valence-corrected chi connectivity index (χ2v) is 8.60. The first-order valence-electron chi connectivity index (χ1n) is 11.2. The van der Waals surface area contributed by atoms with E-state index in [0.717, 1.165) is 12.1 Å². The lowest BCUT2D eigenvalue weighted by atomic mass is 9.95. The molecule has 192 valence electrons. The molecule has 0 spiro atoms. The number of alkyl halides is 5. The number of halogens is 5. The molecule has 37 heavy (non-hydrogen) atoms. The summed E-state index contributed by atoms with van der Waals surface area (Å²) in [5.41, 5.74) is 0.332. The third kappa shape index (κ3) is 5.65. The SMILES string of the molecule is Cc1nn(C(C)c2ccc(C(F)(F)F)cc2C(C)(F)F)cc1NC(=O)c1cncc(-c2ccccn2)c1. The highest BCUT2D eigenvalue weighted by Crippen LogP contribution is 2.39. The lowest BCUT2D eigenvalue weighted by Crippen LogP contribution is -2.18. The number of nitrogens with one attached hydrogen (secondary N) is 1. The number of amides is 1. The zero-order chi connectivity index (χ0) is 27.0. The molecule has 0 aliphatic rings. The minimum Gasteiger partial charge on any atom is -0.319 e. The number of hydrogen-bond donors (Lipinski definition) is 1. The summed E-state index contributed by atoms with van der Waals surface area (Å²) in [6, 6.07) is 8.41. The number of rotatable bonds is 6. The molecule has 0 bridgehead atoms. The molecule has 0 aliphatic carbocycles. The molecule has 0 fully saturated rings. The van der Waals surface area contributed by atoms with Crippen LogP contribution in [0.25, 0.3) is 11.3 Å². The van der Waals surface area contributed by atoms with Gasteiger partial charge in [0, 0.05) is 42.8 Å². The zero-order valence-electron chi connectivity index (χ0n) is 20.0. The Bertz CT molecular complexity index is 1430. The Morgan fingerprint density at radius 3 is 2.46 bits per heavy atom. The van der Waals surface area contributed by atoms with Gasteiger partial charge in [0.2, 0.25) is 0 Å². The molecule has 0 radical (unpaired) electrons. The van der Waals surface area contributed by atoms with Gasteiger partial charge in [-0.15, -0.1) is 0 Å². The topological polar surface area (TPSA) is 72.7 Å². The molecule has 1 N–H and O–H groups in total. The normalized spacial score (nSPS) is 12.9. The van der Waals surface area contributed by atoms with Crippen LogP contribution in [0.3, 0.4) is 0 Å². The van der Waals surface area contributed by atoms with E-state index in [1.165, 1.54) is 24.0 Å². The Hall–Kier alpha value is -4.15. The number of hydrogen-bond acceptors (Lipinski definition) is 4. The Morgan fingerprint density at radius 2 is 1.81 bits per heavy atom. The van der Waals surface area contributed by atoms with E-state index >= 15 is 0 Å². The predicted octanol–water partition coefficient (Wildman–Crippen LogP) is 6.64. The van der Waals surface area contributed by atoms with E-state index in [1.54, 1.807) is 37.5 Å². The van der Waals surface area contributed by atoms with Crippen molar-refractivity contribution in [2.75, 3.05) is 5.32 Å². The van der Waals surface area contributed by atoms with Crippen molar-refractivity contribution >= 4 is 11.6 Å². The van der Waals surface area contributed by atoms with Gasteiger partial charge in [0.05, 0.1) is 34.2 Å². The van der Waals surface area contributed by atoms with Crippen LogP contribution in [0.1, 0.15) is 52.6 Å². The lowest BCUT2D eigenvalue weighted by Gasteiger charge is -2.22. The van der Waals surface area contributed by atoms with E-state index < -0.39 is 35.2 Å². The van der Waals surface area contributed by atoms with Crippen molar-refractivity contribution < 1.29 is 26.7 Å². The van der Waals surface area contributed by atoms with Crippen LogP contribution in [-0.2, 0) is 12.1 Å². The maximum atomic E-state index is 14.3. The number of benzene rings is 1. The highest BCUT2D eigenvalue weighted by atomic mass is 19.4. The first kappa shape index (κ1) is 25.9. The Labute approximate surface area is 209 Å². The summed E-state index contributed by atoms with van der Waals surface area (Å²) in [7, 11) is 0. The van der Waals surface area contributed by atoms with E-state index in [4.69, 9.17) is 0 Å². The largest absolute Gasteiger partial charge is 0.416 e. The Kier molecular flexibility index (Phi) is 6.81. The predicted molar refractivity (Wildman–Crippen MR) is 127 cm³/mol. The molecule has 4 aromatic rings. The van der Waals surface area contributed by atoms with Crippen LogP contribution in [0.15, 0.2) is 67.3 Å². The molecule has 1 amide bonds. The Morgan fingerprint density at radius 1 is 1.05 bits per heavy atom. The number of pyridine rings is 2. The fraction of sp³-hybridized carbons (Fsp3) is 0.231. The summed E-state index contributed by atoms with van der Waals surface area (Å²) >= 11 is 0. The van der Waals surface area contributed by atoms with E-state index in [1.807, 2.05) is 6.07 Å². The van der Waals surface area contributed by atoms with Gasteiger partial charge in [-0.25, -0.2) is 8.78 Å². The first-order valence-corrected chi connectivity index (χ1v) is 11.2. The lowest BCUT2D eigenvalue weighted by molar-refractivity contribution is -0.137. The maximum absolute atomic E-state index is 14.3. The van der Waals surface area contributed by atoms with Crippen LogP contribution in [0.4, 0.5) is 27.6 Å². The van der Waals surface area contributed by atoms with Gasteiger partial charge in [-0.05, 0) is 49.7 Å². The minimum atomic E-state index is -4.76. The van der Waals surface area contributed by atoms with E-state index in [2.05, 4.69) is 20.4 Å². The molecule has 1 atom stereocenters. The molecular weight excluding hydrogens is 493 g/mol. The van der Waals surface area contributed by atoms with Gasteiger partial charge in [-0.1, -0.05) is 12.1 Å². The van der Waals surface area contributed by atoms with Crippen molar-refractivity contribution in [1.82, 2.24) is 19.7 Å². The standard InChI is InChI=1S/C26H22F5N5O/c1-15-23(34-24(37)18-10-17(12-32-13-18)22-6-4-5-9-33-22)14-36(35-15)16(2)20-8-7-19(26(29,30)31)11-21(20)25(3,27)28/h4-14,16H,1-3H3,(H,34,37). The van der Waals surface area contributed by atoms with Gasteiger partial charge >= 0.3 is 6.18 Å². The molecule has 0 aliphatic heterocycles. The second-order valence-electron chi connectivity index (χ2n) is 8.60. The molecule has 0 saturated heterocycles. The summed E-state index contributed by atoms with van der Waals surface area (Å²) in [6.07, 6.45) is 1.28. The highest BCUT2D eigenvalue weighted by molar-refractivity contribution is 6.04. The number of nitrogens with zero attached hydrogens (tertiary/aromatic N) is 4. The number of aromatic nitrogens is 4. The molecule has 4 rings (SSSR count). The summed E-state index contributed by atoms with van der Waals surface area (Å²) in [6.45, 7) is 3.70. The summed E-state index contributed by atoms with van der Waals surface area (Å²) < 4.78 is 69.3. The minimum absolute atomic E-state index is 0.0202. The quantitative estimate of drug-likeness (QED) is 0.292. The van der Waals surface area contributed by atoms with Crippen molar-refractivity contribution in [2.45, 2.75) is 38.9 Å². The maximum Gasteiger partial charge on any atom is 0.416 e. The second kappa shape index (κ2) is 9.72. The molecule has 0 saturated carbocycles. The van der Waals surface area contributed by atoms with Gasteiger partial charge in [-0.3, -0.25) is 19.4 Å². The van der Waals surface area contributed by atoms with E-state index in [0.29, 0.717) is 35.6 Å².